The predicted octanol–water partition coefficient (Wildman–Crippen LogP) is 3.52. The van der Waals surface area contributed by atoms with Crippen LogP contribution in [0.4, 0.5) is 5.69 Å². The van der Waals surface area contributed by atoms with Gasteiger partial charge in [0.1, 0.15) is 6.04 Å². The van der Waals surface area contributed by atoms with E-state index in [1.54, 1.807) is 25.1 Å². The summed E-state index contributed by atoms with van der Waals surface area (Å²) >= 11 is 12.2. The number of benzene rings is 2. The molecule has 1 saturated heterocycles. The topological polar surface area (TPSA) is 74.2 Å². The van der Waals surface area contributed by atoms with Gasteiger partial charge in [-0.1, -0.05) is 35.3 Å². The number of nitrogens with zero attached hydrogens (tertiary/aromatic N) is 3. The fourth-order valence-electron chi connectivity index (χ4n) is 3.98. The Morgan fingerprint density at radius 2 is 1.75 bits per heavy atom. The van der Waals surface area contributed by atoms with Gasteiger partial charge in [0, 0.05) is 41.9 Å². The number of esters is 1. The second-order valence-corrected chi connectivity index (χ2v) is 8.49. The maximum Gasteiger partial charge on any atom is 0.321 e. The smallest absolute Gasteiger partial charge is 0.321 e. The number of anilines is 1. The second kappa shape index (κ2) is 9.79. The van der Waals surface area contributed by atoms with E-state index in [4.69, 9.17) is 32.9 Å². The lowest BCUT2D eigenvalue weighted by Crippen LogP contribution is -2.57. The Labute approximate surface area is 196 Å². The number of aliphatic imine (C=N–C) groups is 1. The largest absolute Gasteiger partial charge is 0.465 e. The first kappa shape index (κ1) is 22.4. The van der Waals surface area contributed by atoms with E-state index >= 15 is 0 Å². The molecule has 0 saturated carbocycles. The average Bonchev–Trinajstić information content (AvgIpc) is 2.79. The summed E-state index contributed by atoms with van der Waals surface area (Å²) in [6.45, 7) is 4.78. The van der Waals surface area contributed by atoms with Crippen molar-refractivity contribution in [1.82, 2.24) is 10.2 Å². The first-order valence-electron chi connectivity index (χ1n) is 10.5. The molecule has 0 bridgehead atoms. The fraction of sp³-hybridized carbons (Fsp3) is 0.348. The maximum absolute atomic E-state index is 13.0. The molecule has 7 nitrogen and oxygen atoms in total. The van der Waals surface area contributed by atoms with Crippen LogP contribution in [0.5, 0.6) is 0 Å². The predicted molar refractivity (Wildman–Crippen MR) is 125 cm³/mol. The summed E-state index contributed by atoms with van der Waals surface area (Å²) in [5.41, 5.74) is 1.80. The molecule has 1 N–H and O–H groups in total. The molecule has 9 heteroatoms. The molecule has 0 unspecified atom stereocenters. The van der Waals surface area contributed by atoms with Crippen molar-refractivity contribution in [3.63, 3.8) is 0 Å². The zero-order chi connectivity index (χ0) is 22.7. The van der Waals surface area contributed by atoms with Crippen LogP contribution in [-0.4, -0.2) is 55.5 Å². The Bertz CT molecular complexity index is 1020. The quantitative estimate of drug-likeness (QED) is 0.541. The number of rotatable bonds is 4. The molecule has 0 aliphatic carbocycles. The summed E-state index contributed by atoms with van der Waals surface area (Å²) < 4.78 is 5.15. The van der Waals surface area contributed by atoms with Gasteiger partial charge in [0.2, 0.25) is 11.9 Å². The van der Waals surface area contributed by atoms with E-state index < -0.39 is 23.8 Å². The minimum atomic E-state index is -1.06. The molecule has 2 aliphatic heterocycles. The number of carbonyl (C=O) groups is 2. The van der Waals surface area contributed by atoms with Crippen molar-refractivity contribution < 1.29 is 14.3 Å². The molecule has 168 valence electrons. The molecular formula is C23H24Cl2N4O3. The van der Waals surface area contributed by atoms with E-state index in [0.29, 0.717) is 34.7 Å². The van der Waals surface area contributed by atoms with Crippen LogP contribution in [0.15, 0.2) is 53.5 Å². The van der Waals surface area contributed by atoms with Crippen LogP contribution in [0.3, 0.4) is 0 Å². The third-order valence-electron chi connectivity index (χ3n) is 5.60. The molecule has 2 aromatic carbocycles. The van der Waals surface area contributed by atoms with Gasteiger partial charge in [-0.15, -0.1) is 0 Å². The van der Waals surface area contributed by atoms with Crippen LogP contribution >= 0.6 is 23.2 Å². The van der Waals surface area contributed by atoms with E-state index in [1.807, 2.05) is 35.2 Å². The number of hydrogen-bond acceptors (Lipinski definition) is 6. The summed E-state index contributed by atoms with van der Waals surface area (Å²) in [7, 11) is 0. The first-order chi connectivity index (χ1) is 15.5. The van der Waals surface area contributed by atoms with Crippen LogP contribution in [0.2, 0.25) is 10.0 Å². The lowest BCUT2D eigenvalue weighted by Gasteiger charge is -2.39. The molecular weight excluding hydrogens is 451 g/mol. The average molecular weight is 475 g/mol. The van der Waals surface area contributed by atoms with Gasteiger partial charge < -0.3 is 14.5 Å². The number of carbonyl (C=O) groups excluding carboxylic acids is 2. The normalized spacial score (nSPS) is 21.1. The number of halogens is 2. The van der Waals surface area contributed by atoms with Gasteiger partial charge in [0.25, 0.3) is 0 Å². The Morgan fingerprint density at radius 3 is 2.41 bits per heavy atom. The Balaban J connectivity index is 1.56. The SMILES string of the molecule is CCOC(=O)[C@@H]1C(=O)NC(N2CCN(c3ccc(Cl)cc3)CC2)=N[C@H]1c1cccc(Cl)c1. The molecule has 4 rings (SSSR count). The standard InChI is InChI=1S/C23H24Cl2N4O3/c1-2-32-22(31)19-20(15-4-3-5-17(25)14-15)26-23(27-21(19)30)29-12-10-28(11-13-29)18-8-6-16(24)7-9-18/h3-9,14,19-20H,2,10-13H2,1H3,(H,26,27,30)/t19-,20-/m0/s1. The Hall–Kier alpha value is -2.77. The highest BCUT2D eigenvalue weighted by Crippen LogP contribution is 2.32. The molecule has 1 amide bonds. The number of amides is 1. The number of piperazine rings is 1. The Morgan fingerprint density at radius 1 is 1.06 bits per heavy atom. The molecule has 0 spiro atoms. The maximum atomic E-state index is 13.0. The molecule has 2 aromatic rings. The number of nitrogens with one attached hydrogen (secondary N) is 1. The summed E-state index contributed by atoms with van der Waals surface area (Å²) in [5.74, 6) is -1.60. The monoisotopic (exact) mass is 474 g/mol. The van der Waals surface area contributed by atoms with Crippen molar-refractivity contribution in [1.29, 1.82) is 0 Å². The molecule has 2 atom stereocenters. The fourth-order valence-corrected chi connectivity index (χ4v) is 4.31. The molecule has 0 aromatic heterocycles. The van der Waals surface area contributed by atoms with Gasteiger partial charge in [0.15, 0.2) is 5.92 Å². The number of hydrogen-bond donors (Lipinski definition) is 1. The number of guanidine groups is 1. The molecule has 32 heavy (non-hydrogen) atoms. The zero-order valence-electron chi connectivity index (χ0n) is 17.6. The van der Waals surface area contributed by atoms with Crippen molar-refractivity contribution in [3.8, 4) is 0 Å². The van der Waals surface area contributed by atoms with E-state index in [1.165, 1.54) is 0 Å². The lowest BCUT2D eigenvalue weighted by atomic mass is 9.91. The summed E-state index contributed by atoms with van der Waals surface area (Å²) in [5, 5.41) is 4.04. The van der Waals surface area contributed by atoms with Gasteiger partial charge in [-0.2, -0.15) is 0 Å². The highest BCUT2D eigenvalue weighted by molar-refractivity contribution is 6.31. The van der Waals surface area contributed by atoms with Gasteiger partial charge in [-0.05, 0) is 48.9 Å². The first-order valence-corrected chi connectivity index (χ1v) is 11.3. The van der Waals surface area contributed by atoms with Crippen molar-refractivity contribution in [2.45, 2.75) is 13.0 Å². The van der Waals surface area contributed by atoms with Crippen LogP contribution in [-0.2, 0) is 14.3 Å². The van der Waals surface area contributed by atoms with Crippen LogP contribution in [0, 0.1) is 5.92 Å². The number of ether oxygens (including phenoxy) is 1. The van der Waals surface area contributed by atoms with Gasteiger partial charge in [-0.3, -0.25) is 14.9 Å². The lowest BCUT2D eigenvalue weighted by molar-refractivity contribution is -0.153. The van der Waals surface area contributed by atoms with Crippen molar-refractivity contribution in [3.05, 3.63) is 64.1 Å². The molecule has 1 fully saturated rings. The van der Waals surface area contributed by atoms with Gasteiger partial charge >= 0.3 is 5.97 Å². The minimum absolute atomic E-state index is 0.189. The van der Waals surface area contributed by atoms with Crippen molar-refractivity contribution in [2.75, 3.05) is 37.7 Å². The molecule has 2 heterocycles. The van der Waals surface area contributed by atoms with Gasteiger partial charge in [-0.25, -0.2) is 4.99 Å². The zero-order valence-corrected chi connectivity index (χ0v) is 19.1. The van der Waals surface area contributed by atoms with Crippen molar-refractivity contribution >= 4 is 46.7 Å². The highest BCUT2D eigenvalue weighted by Gasteiger charge is 2.42. The molecule has 2 aliphatic rings. The second-order valence-electron chi connectivity index (χ2n) is 7.62. The third-order valence-corrected chi connectivity index (χ3v) is 6.08. The van der Waals surface area contributed by atoms with Crippen LogP contribution in [0.1, 0.15) is 18.5 Å². The minimum Gasteiger partial charge on any atom is -0.465 e. The van der Waals surface area contributed by atoms with Crippen molar-refractivity contribution in [2.24, 2.45) is 10.9 Å². The van der Waals surface area contributed by atoms with Crippen LogP contribution in [0.25, 0.3) is 0 Å². The third kappa shape index (κ3) is 4.84. The summed E-state index contributed by atoms with van der Waals surface area (Å²) in [6.07, 6.45) is 0. The van der Waals surface area contributed by atoms with E-state index in [9.17, 15) is 9.59 Å². The Kier molecular flexibility index (Phi) is 6.86. The van der Waals surface area contributed by atoms with Crippen LogP contribution < -0.4 is 10.2 Å². The van der Waals surface area contributed by atoms with E-state index in [2.05, 4.69) is 10.2 Å². The van der Waals surface area contributed by atoms with E-state index in [-0.39, 0.29) is 6.61 Å². The van der Waals surface area contributed by atoms with E-state index in [0.717, 1.165) is 18.8 Å². The molecule has 0 radical (unpaired) electrons. The van der Waals surface area contributed by atoms with Gasteiger partial charge in [0.05, 0.1) is 6.61 Å². The summed E-state index contributed by atoms with van der Waals surface area (Å²) in [4.78, 5) is 34.6. The summed E-state index contributed by atoms with van der Waals surface area (Å²) in [6, 6.07) is 14.1. The highest BCUT2D eigenvalue weighted by atomic mass is 35.5.